The summed E-state index contributed by atoms with van der Waals surface area (Å²) in [4.78, 5) is 45.6. The van der Waals surface area contributed by atoms with E-state index < -0.39 is 5.41 Å². The fraction of sp³-hybridized carbons (Fsp3) is 0.703. The van der Waals surface area contributed by atoms with Crippen molar-refractivity contribution in [1.82, 2.24) is 5.48 Å². The Morgan fingerprint density at radius 3 is 2.28 bits per heavy atom. The van der Waals surface area contributed by atoms with Crippen molar-refractivity contribution < 1.29 is 24.0 Å². The van der Waals surface area contributed by atoms with E-state index in [2.05, 4.69) is 53.1 Å². The first-order valence-corrected chi connectivity index (χ1v) is 16.6. The predicted octanol–water partition coefficient (Wildman–Crippen LogP) is 7.62. The topological polar surface area (TPSA) is 81.7 Å². The van der Waals surface area contributed by atoms with Crippen molar-refractivity contribution in [3.63, 3.8) is 0 Å². The minimum atomic E-state index is -0.574. The third kappa shape index (κ3) is 4.60. The van der Waals surface area contributed by atoms with Crippen LogP contribution in [-0.4, -0.2) is 23.8 Å². The summed E-state index contributed by atoms with van der Waals surface area (Å²) in [7, 11) is 0. The molecule has 0 heterocycles. The van der Waals surface area contributed by atoms with Crippen LogP contribution in [0.1, 0.15) is 106 Å². The second kappa shape index (κ2) is 10.2. The van der Waals surface area contributed by atoms with Gasteiger partial charge in [-0.25, -0.2) is 0 Å². The first-order valence-electron chi connectivity index (χ1n) is 16.6. The number of carbonyl (C=O) groups excluding carboxylic acids is 3. The Kier molecular flexibility index (Phi) is 7.21. The lowest BCUT2D eigenvalue weighted by Gasteiger charge is -2.67. The molecule has 9 atom stereocenters. The Hall–Kier alpha value is -2.63. The van der Waals surface area contributed by atoms with Crippen LogP contribution in [0.5, 0.6) is 5.75 Å². The highest BCUT2D eigenvalue weighted by Gasteiger charge is 2.67. The van der Waals surface area contributed by atoms with Crippen molar-refractivity contribution in [2.24, 2.45) is 50.7 Å². The molecule has 0 spiro atoms. The summed E-state index contributed by atoms with van der Waals surface area (Å²) in [5.74, 6) is 1.44. The van der Waals surface area contributed by atoms with Crippen LogP contribution in [0.4, 0.5) is 0 Å². The maximum atomic E-state index is 14.4. The Morgan fingerprint density at radius 1 is 0.884 bits per heavy atom. The van der Waals surface area contributed by atoms with Crippen molar-refractivity contribution in [2.45, 2.75) is 112 Å². The van der Waals surface area contributed by atoms with Crippen molar-refractivity contribution in [3.05, 3.63) is 42.0 Å². The van der Waals surface area contributed by atoms with Gasteiger partial charge in [-0.2, -0.15) is 5.48 Å². The number of hydrogen-bond acceptors (Lipinski definition) is 5. The summed E-state index contributed by atoms with van der Waals surface area (Å²) >= 11 is 0. The van der Waals surface area contributed by atoms with E-state index in [1.54, 1.807) is 0 Å². The monoisotopic (exact) mass is 589 g/mol. The molecule has 0 aliphatic heterocycles. The molecule has 4 saturated carbocycles. The zero-order valence-electron chi connectivity index (χ0n) is 27.3. The van der Waals surface area contributed by atoms with E-state index in [4.69, 9.17) is 9.57 Å². The molecule has 9 unspecified atom stereocenters. The average molecular weight is 590 g/mol. The van der Waals surface area contributed by atoms with Crippen LogP contribution in [0.25, 0.3) is 0 Å². The number of rotatable bonds is 4. The fourth-order valence-electron chi connectivity index (χ4n) is 10.8. The van der Waals surface area contributed by atoms with E-state index in [9.17, 15) is 14.4 Å². The number of esters is 1. The highest BCUT2D eigenvalue weighted by molar-refractivity contribution is 5.95. The normalized spacial score (nSPS) is 43.1. The van der Waals surface area contributed by atoms with E-state index in [0.717, 1.165) is 57.8 Å². The number of allylic oxidation sites excluding steroid dienone is 2. The van der Waals surface area contributed by atoms with Crippen molar-refractivity contribution in [3.8, 4) is 5.75 Å². The fourth-order valence-corrected chi connectivity index (χ4v) is 10.8. The molecule has 43 heavy (non-hydrogen) atoms. The predicted molar refractivity (Wildman–Crippen MR) is 166 cm³/mol. The lowest BCUT2D eigenvalue weighted by molar-refractivity contribution is -0.185. The second-order valence-corrected chi connectivity index (χ2v) is 16.4. The van der Waals surface area contributed by atoms with Gasteiger partial charge in [0.15, 0.2) is 11.5 Å². The average Bonchev–Trinajstić information content (AvgIpc) is 2.95. The highest BCUT2D eigenvalue weighted by atomic mass is 16.7. The number of ether oxygens (including phenoxy) is 1. The summed E-state index contributed by atoms with van der Waals surface area (Å²) in [6.45, 7) is 15.3. The van der Waals surface area contributed by atoms with Crippen LogP contribution in [0.2, 0.25) is 0 Å². The molecule has 1 N–H and O–H groups in total. The molecular weight excluding hydrogens is 538 g/mol. The zero-order valence-corrected chi connectivity index (χ0v) is 27.3. The van der Waals surface area contributed by atoms with Crippen molar-refractivity contribution in [1.29, 1.82) is 0 Å². The minimum absolute atomic E-state index is 0.0144. The summed E-state index contributed by atoms with van der Waals surface area (Å²) in [6.07, 6.45) is 10.5. The SMILES string of the molecule is CC(=O)OC1CCC2C(CCC3(C)C2C(=O)C=C2C4CC(C)(C(=O)NOc5ccccc5)CCC4(C)CCC23C)C1(C)C. The molecule has 5 aliphatic carbocycles. The van der Waals surface area contributed by atoms with E-state index in [1.165, 1.54) is 12.5 Å². The maximum absolute atomic E-state index is 14.4. The molecule has 6 rings (SSSR count). The van der Waals surface area contributed by atoms with Crippen molar-refractivity contribution in [2.75, 3.05) is 0 Å². The summed E-state index contributed by atoms with van der Waals surface area (Å²) in [6, 6.07) is 9.36. The van der Waals surface area contributed by atoms with Crippen LogP contribution in [-0.2, 0) is 19.1 Å². The molecule has 6 heteroatoms. The van der Waals surface area contributed by atoms with Crippen LogP contribution in [0.3, 0.4) is 0 Å². The molecule has 0 bridgehead atoms. The summed E-state index contributed by atoms with van der Waals surface area (Å²) in [5.41, 5.74) is 3.19. The molecule has 4 fully saturated rings. The van der Waals surface area contributed by atoms with Crippen LogP contribution < -0.4 is 10.3 Å². The van der Waals surface area contributed by atoms with Crippen LogP contribution in [0.15, 0.2) is 42.0 Å². The Balaban J connectivity index is 1.29. The number of fused-ring (bicyclic) bond motifs is 7. The zero-order chi connectivity index (χ0) is 31.0. The van der Waals surface area contributed by atoms with Gasteiger partial charge in [0.05, 0.1) is 0 Å². The summed E-state index contributed by atoms with van der Waals surface area (Å²) in [5, 5.41) is 0. The van der Waals surface area contributed by atoms with Gasteiger partial charge in [-0.3, -0.25) is 14.4 Å². The van der Waals surface area contributed by atoms with E-state index in [1.807, 2.05) is 30.3 Å². The molecule has 5 aliphatic rings. The number of para-hydroxylation sites is 1. The van der Waals surface area contributed by atoms with Gasteiger partial charge in [-0.15, -0.1) is 0 Å². The quantitative estimate of drug-likeness (QED) is 0.289. The molecule has 0 saturated heterocycles. The van der Waals surface area contributed by atoms with E-state index >= 15 is 0 Å². The third-order valence-corrected chi connectivity index (χ3v) is 13.8. The van der Waals surface area contributed by atoms with Gasteiger partial charge in [0.2, 0.25) is 0 Å². The minimum Gasteiger partial charge on any atom is -0.462 e. The first kappa shape index (κ1) is 30.4. The van der Waals surface area contributed by atoms with Gasteiger partial charge in [0.1, 0.15) is 6.10 Å². The van der Waals surface area contributed by atoms with E-state index in [0.29, 0.717) is 23.4 Å². The van der Waals surface area contributed by atoms with Gasteiger partial charge >= 0.3 is 5.97 Å². The van der Waals surface area contributed by atoms with Crippen molar-refractivity contribution >= 4 is 17.7 Å². The molecule has 1 aromatic rings. The number of nitrogens with one attached hydrogen (secondary N) is 1. The van der Waals surface area contributed by atoms with Crippen LogP contribution >= 0.6 is 0 Å². The lowest BCUT2D eigenvalue weighted by Crippen LogP contribution is -2.63. The molecular formula is C37H51NO5. The largest absolute Gasteiger partial charge is 0.462 e. The maximum Gasteiger partial charge on any atom is 0.302 e. The summed E-state index contributed by atoms with van der Waals surface area (Å²) < 4.78 is 5.82. The Morgan fingerprint density at radius 2 is 1.58 bits per heavy atom. The van der Waals surface area contributed by atoms with Crippen LogP contribution in [0, 0.1) is 50.7 Å². The molecule has 0 radical (unpaired) electrons. The number of benzene rings is 1. The highest BCUT2D eigenvalue weighted by Crippen LogP contribution is 2.72. The molecule has 1 aromatic carbocycles. The smallest absolute Gasteiger partial charge is 0.302 e. The van der Waals surface area contributed by atoms with Gasteiger partial charge in [-0.05, 0) is 110 Å². The molecule has 1 amide bonds. The van der Waals surface area contributed by atoms with Gasteiger partial charge in [0, 0.05) is 23.7 Å². The van der Waals surface area contributed by atoms with Gasteiger partial charge < -0.3 is 9.57 Å². The van der Waals surface area contributed by atoms with Gasteiger partial charge in [0.25, 0.3) is 5.91 Å². The molecule has 234 valence electrons. The number of ketones is 1. The molecule has 0 aromatic heterocycles. The van der Waals surface area contributed by atoms with E-state index in [-0.39, 0.29) is 51.5 Å². The molecule has 6 nitrogen and oxygen atoms in total. The lowest BCUT2D eigenvalue weighted by atomic mass is 9.36. The number of amides is 1. The second-order valence-electron chi connectivity index (χ2n) is 16.4. The Bertz CT molecular complexity index is 1340. The van der Waals surface area contributed by atoms with Gasteiger partial charge in [-0.1, -0.05) is 65.3 Å². The Labute approximate surface area is 257 Å². The number of hydrogen-bond donors (Lipinski definition) is 1. The third-order valence-electron chi connectivity index (χ3n) is 13.8. The number of carbonyl (C=O) groups is 3. The standard InChI is InChI=1S/C37H51NO5/c1-23(39)42-30-14-13-25-26(33(30,2)3)15-16-37(7)31(25)29(40)21-27-28-22-35(5,18-17-34(28,4)19-20-36(27,37)6)32(41)38-43-24-11-9-8-10-12-24/h8-12,21,25-26,28,30-31H,13-20,22H2,1-7H3,(H,38,41). The first-order chi connectivity index (χ1) is 20.1. The number of hydroxylamine groups is 1.